The largest absolute Gasteiger partial charge is 0.494 e. The molecule has 1 amide bonds. The van der Waals surface area contributed by atoms with Gasteiger partial charge in [0.05, 0.1) is 12.0 Å². The van der Waals surface area contributed by atoms with Gasteiger partial charge in [-0.05, 0) is 42.0 Å². The molecule has 0 aliphatic rings. The Morgan fingerprint density at radius 2 is 1.84 bits per heavy atom. The lowest BCUT2D eigenvalue weighted by Crippen LogP contribution is -2.32. The molecule has 0 spiro atoms. The van der Waals surface area contributed by atoms with Gasteiger partial charge in [0.1, 0.15) is 5.75 Å². The molecular formula is C17H17ClFNO4S. The average Bonchev–Trinajstić information content (AvgIpc) is 2.55. The highest BCUT2D eigenvalue weighted by atomic mass is 35.5. The molecule has 2 rings (SSSR count). The van der Waals surface area contributed by atoms with Crippen molar-refractivity contribution >= 4 is 27.3 Å². The van der Waals surface area contributed by atoms with Gasteiger partial charge < -0.3 is 9.64 Å². The molecule has 0 atom stereocenters. The Kier molecular flexibility index (Phi) is 6.02. The topological polar surface area (TPSA) is 63.7 Å². The number of benzene rings is 2. The third-order valence-corrected chi connectivity index (χ3v) is 5.42. The van der Waals surface area contributed by atoms with Gasteiger partial charge >= 0.3 is 0 Å². The molecule has 0 fully saturated rings. The van der Waals surface area contributed by atoms with Crippen molar-refractivity contribution in [2.45, 2.75) is 11.4 Å². The van der Waals surface area contributed by atoms with Crippen molar-refractivity contribution in [3.63, 3.8) is 0 Å². The van der Waals surface area contributed by atoms with Gasteiger partial charge in [-0.1, -0.05) is 17.7 Å². The molecule has 0 radical (unpaired) electrons. The average molecular weight is 386 g/mol. The number of sulfone groups is 1. The highest BCUT2D eigenvalue weighted by Gasteiger charge is 2.22. The number of ether oxygens (including phenoxy) is 1. The lowest BCUT2D eigenvalue weighted by Gasteiger charge is -2.18. The van der Waals surface area contributed by atoms with E-state index in [1.807, 2.05) is 0 Å². The van der Waals surface area contributed by atoms with E-state index in [0.717, 1.165) is 0 Å². The van der Waals surface area contributed by atoms with Gasteiger partial charge in [-0.15, -0.1) is 0 Å². The molecule has 2 aromatic carbocycles. The second-order valence-electron chi connectivity index (χ2n) is 5.43. The van der Waals surface area contributed by atoms with E-state index in [1.165, 1.54) is 55.5 Å². The molecular weight excluding hydrogens is 369 g/mol. The summed E-state index contributed by atoms with van der Waals surface area (Å²) in [6.07, 6.45) is 0. The van der Waals surface area contributed by atoms with E-state index in [1.54, 1.807) is 6.07 Å². The van der Waals surface area contributed by atoms with Crippen LogP contribution in [0.15, 0.2) is 47.4 Å². The summed E-state index contributed by atoms with van der Waals surface area (Å²) in [5.74, 6) is -1.71. The zero-order valence-electron chi connectivity index (χ0n) is 13.7. The van der Waals surface area contributed by atoms with Crippen LogP contribution in [0.4, 0.5) is 4.39 Å². The molecule has 134 valence electrons. The van der Waals surface area contributed by atoms with E-state index >= 15 is 0 Å². The first-order valence-electron chi connectivity index (χ1n) is 7.27. The molecule has 0 aliphatic heterocycles. The van der Waals surface area contributed by atoms with Crippen LogP contribution in [0.1, 0.15) is 5.56 Å². The molecule has 5 nitrogen and oxygen atoms in total. The van der Waals surface area contributed by atoms with Crippen LogP contribution >= 0.6 is 11.6 Å². The first kappa shape index (κ1) is 19.2. The van der Waals surface area contributed by atoms with Crippen LogP contribution in [0.25, 0.3) is 0 Å². The number of carbonyl (C=O) groups is 1. The van der Waals surface area contributed by atoms with E-state index in [9.17, 15) is 17.6 Å². The maximum absolute atomic E-state index is 13.7. The summed E-state index contributed by atoms with van der Waals surface area (Å²) < 4.78 is 43.1. The number of carbonyl (C=O) groups excluding carboxylic acids is 1. The Labute approximate surface area is 150 Å². The number of rotatable bonds is 6. The molecule has 2 aromatic rings. The Balaban J connectivity index is 2.07. The van der Waals surface area contributed by atoms with E-state index in [-0.39, 0.29) is 17.2 Å². The highest BCUT2D eigenvalue weighted by Crippen LogP contribution is 2.19. The fourth-order valence-corrected chi connectivity index (χ4v) is 3.56. The lowest BCUT2D eigenvalue weighted by atomic mass is 10.2. The predicted octanol–water partition coefficient (Wildman–Crippen LogP) is 2.92. The van der Waals surface area contributed by atoms with Crippen LogP contribution in [0.5, 0.6) is 5.75 Å². The molecule has 25 heavy (non-hydrogen) atoms. The van der Waals surface area contributed by atoms with Crippen molar-refractivity contribution in [1.82, 2.24) is 4.90 Å². The molecule has 0 saturated heterocycles. The third kappa shape index (κ3) is 4.93. The van der Waals surface area contributed by atoms with E-state index in [2.05, 4.69) is 0 Å². The minimum absolute atomic E-state index is 0.0224. The van der Waals surface area contributed by atoms with Gasteiger partial charge in [-0.25, -0.2) is 12.8 Å². The summed E-state index contributed by atoms with van der Waals surface area (Å²) >= 11 is 5.73. The van der Waals surface area contributed by atoms with Crippen LogP contribution in [-0.2, 0) is 21.2 Å². The quantitative estimate of drug-likeness (QED) is 0.767. The molecule has 0 saturated carbocycles. The van der Waals surface area contributed by atoms with Gasteiger partial charge in [0, 0.05) is 18.6 Å². The molecule has 0 aliphatic carbocycles. The second kappa shape index (κ2) is 7.84. The van der Waals surface area contributed by atoms with Gasteiger partial charge in [0.2, 0.25) is 5.91 Å². The van der Waals surface area contributed by atoms with Gasteiger partial charge in [-0.3, -0.25) is 4.79 Å². The fourth-order valence-electron chi connectivity index (χ4n) is 2.17. The maximum atomic E-state index is 13.7. The number of hydrogen-bond donors (Lipinski definition) is 0. The summed E-state index contributed by atoms with van der Waals surface area (Å²) in [4.78, 5) is 13.5. The zero-order chi connectivity index (χ0) is 18.6. The maximum Gasteiger partial charge on any atom is 0.238 e. The smallest absolute Gasteiger partial charge is 0.238 e. The van der Waals surface area contributed by atoms with Gasteiger partial charge in [0.15, 0.2) is 21.4 Å². The molecule has 0 unspecified atom stereocenters. The first-order chi connectivity index (χ1) is 11.7. The summed E-state index contributed by atoms with van der Waals surface area (Å²) in [6.45, 7) is 0.0793. The summed E-state index contributed by atoms with van der Waals surface area (Å²) in [5, 5.41) is 0.406. The first-order valence-corrected chi connectivity index (χ1v) is 9.30. The lowest BCUT2D eigenvalue weighted by molar-refractivity contribution is -0.127. The minimum atomic E-state index is -3.78. The number of amides is 1. The number of halogens is 2. The molecule has 0 heterocycles. The van der Waals surface area contributed by atoms with E-state index < -0.39 is 27.3 Å². The SMILES string of the molecule is COc1ccc(CN(C)C(=O)CS(=O)(=O)c2ccc(Cl)cc2)cc1F. The normalized spacial score (nSPS) is 11.2. The van der Waals surface area contributed by atoms with Crippen LogP contribution < -0.4 is 4.74 Å². The summed E-state index contributed by atoms with van der Waals surface area (Å²) in [7, 11) is -0.960. The minimum Gasteiger partial charge on any atom is -0.494 e. The fraction of sp³-hybridized carbons (Fsp3) is 0.235. The number of methoxy groups -OCH3 is 1. The zero-order valence-corrected chi connectivity index (χ0v) is 15.3. The molecule has 0 N–H and O–H groups in total. The van der Waals surface area contributed by atoms with Gasteiger partial charge in [-0.2, -0.15) is 0 Å². The van der Waals surface area contributed by atoms with Gasteiger partial charge in [0.25, 0.3) is 0 Å². The van der Waals surface area contributed by atoms with Crippen molar-refractivity contribution in [3.8, 4) is 5.75 Å². The Morgan fingerprint density at radius 1 is 1.20 bits per heavy atom. The number of nitrogens with zero attached hydrogens (tertiary/aromatic N) is 1. The van der Waals surface area contributed by atoms with Crippen LogP contribution in [0, 0.1) is 5.82 Å². The van der Waals surface area contributed by atoms with E-state index in [4.69, 9.17) is 16.3 Å². The van der Waals surface area contributed by atoms with Crippen molar-refractivity contribution in [1.29, 1.82) is 0 Å². The molecule has 8 heteroatoms. The Bertz CT molecular complexity index is 869. The Morgan fingerprint density at radius 3 is 2.40 bits per heavy atom. The monoisotopic (exact) mass is 385 g/mol. The third-order valence-electron chi connectivity index (χ3n) is 3.55. The van der Waals surface area contributed by atoms with Crippen LogP contribution in [-0.4, -0.2) is 39.1 Å². The van der Waals surface area contributed by atoms with Crippen LogP contribution in [0.3, 0.4) is 0 Å². The highest BCUT2D eigenvalue weighted by molar-refractivity contribution is 7.92. The summed E-state index contributed by atoms with van der Waals surface area (Å²) in [5.41, 5.74) is 0.526. The standard InChI is InChI=1S/C17H17ClFNO4S/c1-20(10-12-3-8-16(24-2)15(19)9-12)17(21)11-25(22,23)14-6-4-13(18)5-7-14/h3-9H,10-11H2,1-2H3. The predicted molar refractivity (Wildman–Crippen MR) is 92.9 cm³/mol. The summed E-state index contributed by atoms with van der Waals surface area (Å²) in [6, 6.07) is 9.91. The van der Waals surface area contributed by atoms with Crippen molar-refractivity contribution in [3.05, 3.63) is 58.9 Å². The number of hydrogen-bond acceptors (Lipinski definition) is 4. The Hall–Kier alpha value is -2.12. The van der Waals surface area contributed by atoms with Crippen LogP contribution in [0.2, 0.25) is 5.02 Å². The molecule has 0 aromatic heterocycles. The molecule has 0 bridgehead atoms. The second-order valence-corrected chi connectivity index (χ2v) is 7.86. The van der Waals surface area contributed by atoms with Crippen molar-refractivity contribution < 1.29 is 22.3 Å². The van der Waals surface area contributed by atoms with E-state index in [0.29, 0.717) is 10.6 Å². The van der Waals surface area contributed by atoms with Crippen molar-refractivity contribution in [2.24, 2.45) is 0 Å². The van der Waals surface area contributed by atoms with Crippen molar-refractivity contribution in [2.75, 3.05) is 19.9 Å².